The van der Waals surface area contributed by atoms with Crippen LogP contribution in [0.1, 0.15) is 18.4 Å². The summed E-state index contributed by atoms with van der Waals surface area (Å²) >= 11 is 0. The summed E-state index contributed by atoms with van der Waals surface area (Å²) in [4.78, 5) is 11.7. The van der Waals surface area contributed by atoms with Crippen molar-refractivity contribution in [3.05, 3.63) is 35.6 Å². The van der Waals surface area contributed by atoms with Crippen molar-refractivity contribution in [3.63, 3.8) is 0 Å². The minimum atomic E-state index is -0.296. The van der Waals surface area contributed by atoms with Gasteiger partial charge in [0.25, 0.3) is 0 Å². The SMILES string of the molecule is O=C(NCc1ccccc1F)N[C@@H]1C[C@@H]2OCC[C@@H]21. The molecule has 19 heavy (non-hydrogen) atoms. The summed E-state index contributed by atoms with van der Waals surface area (Å²) in [6.07, 6.45) is 2.23. The van der Waals surface area contributed by atoms with E-state index in [1.807, 2.05) is 0 Å². The van der Waals surface area contributed by atoms with Gasteiger partial charge >= 0.3 is 6.03 Å². The van der Waals surface area contributed by atoms with Crippen LogP contribution in [0, 0.1) is 11.7 Å². The van der Waals surface area contributed by atoms with Crippen LogP contribution in [-0.4, -0.2) is 24.8 Å². The molecule has 1 aromatic carbocycles. The quantitative estimate of drug-likeness (QED) is 0.874. The Kier molecular flexibility index (Phi) is 3.38. The zero-order chi connectivity index (χ0) is 13.2. The van der Waals surface area contributed by atoms with E-state index in [2.05, 4.69) is 10.6 Å². The molecule has 2 aliphatic rings. The predicted octanol–water partition coefficient (Wildman–Crippen LogP) is 1.80. The van der Waals surface area contributed by atoms with E-state index in [1.165, 1.54) is 6.07 Å². The van der Waals surface area contributed by atoms with Crippen LogP contribution in [0.3, 0.4) is 0 Å². The number of hydrogen-bond acceptors (Lipinski definition) is 2. The third-order valence-electron chi connectivity index (χ3n) is 3.98. The first-order valence-electron chi connectivity index (χ1n) is 6.63. The molecule has 1 aliphatic carbocycles. The number of fused-ring (bicyclic) bond motifs is 1. The van der Waals surface area contributed by atoms with Crippen LogP contribution in [0.5, 0.6) is 0 Å². The molecular formula is C14H17FN2O2. The minimum absolute atomic E-state index is 0.202. The van der Waals surface area contributed by atoms with Crippen LogP contribution in [0.25, 0.3) is 0 Å². The average molecular weight is 264 g/mol. The van der Waals surface area contributed by atoms with Crippen LogP contribution in [0.15, 0.2) is 24.3 Å². The summed E-state index contributed by atoms with van der Waals surface area (Å²) in [6.45, 7) is 1.00. The first-order chi connectivity index (χ1) is 9.24. The van der Waals surface area contributed by atoms with Gasteiger partial charge in [-0.1, -0.05) is 18.2 Å². The maximum atomic E-state index is 13.4. The molecule has 1 saturated carbocycles. The first kappa shape index (κ1) is 12.4. The second-order valence-corrected chi connectivity index (χ2v) is 5.12. The van der Waals surface area contributed by atoms with Crippen LogP contribution >= 0.6 is 0 Å². The van der Waals surface area contributed by atoms with Crippen molar-refractivity contribution < 1.29 is 13.9 Å². The molecule has 2 amide bonds. The second-order valence-electron chi connectivity index (χ2n) is 5.12. The Morgan fingerprint density at radius 3 is 3.05 bits per heavy atom. The number of ether oxygens (including phenoxy) is 1. The van der Waals surface area contributed by atoms with Gasteiger partial charge in [-0.2, -0.15) is 0 Å². The van der Waals surface area contributed by atoms with Crippen LogP contribution in [0.4, 0.5) is 9.18 Å². The number of nitrogens with one attached hydrogen (secondary N) is 2. The number of amides is 2. The van der Waals surface area contributed by atoms with Crippen LogP contribution < -0.4 is 10.6 Å². The summed E-state index contributed by atoms with van der Waals surface area (Å²) in [5.41, 5.74) is 0.494. The van der Waals surface area contributed by atoms with E-state index in [4.69, 9.17) is 4.74 Å². The molecule has 2 N–H and O–H groups in total. The molecule has 0 bridgehead atoms. The largest absolute Gasteiger partial charge is 0.378 e. The van der Waals surface area contributed by atoms with E-state index >= 15 is 0 Å². The zero-order valence-corrected chi connectivity index (χ0v) is 10.6. The van der Waals surface area contributed by atoms with E-state index in [0.717, 1.165) is 19.4 Å². The number of carbonyl (C=O) groups is 1. The van der Waals surface area contributed by atoms with Crippen molar-refractivity contribution in [1.29, 1.82) is 0 Å². The Balaban J connectivity index is 1.46. The van der Waals surface area contributed by atoms with Gasteiger partial charge < -0.3 is 15.4 Å². The molecule has 5 heteroatoms. The van der Waals surface area contributed by atoms with Crippen molar-refractivity contribution in [2.24, 2.45) is 5.92 Å². The maximum Gasteiger partial charge on any atom is 0.315 e. The Morgan fingerprint density at radius 2 is 2.26 bits per heavy atom. The molecule has 0 aromatic heterocycles. The predicted molar refractivity (Wildman–Crippen MR) is 68.0 cm³/mol. The fourth-order valence-corrected chi connectivity index (χ4v) is 2.80. The second kappa shape index (κ2) is 5.17. The van der Waals surface area contributed by atoms with Crippen molar-refractivity contribution in [3.8, 4) is 0 Å². The minimum Gasteiger partial charge on any atom is -0.378 e. The van der Waals surface area contributed by atoms with Gasteiger partial charge in [0, 0.05) is 30.7 Å². The van der Waals surface area contributed by atoms with Gasteiger partial charge in [-0.3, -0.25) is 0 Å². The highest BCUT2D eigenvalue weighted by Crippen LogP contribution is 2.38. The third-order valence-corrected chi connectivity index (χ3v) is 3.98. The summed E-state index contributed by atoms with van der Waals surface area (Å²) in [5.74, 6) is 0.162. The van der Waals surface area contributed by atoms with Gasteiger partial charge in [0.1, 0.15) is 5.82 Å². The van der Waals surface area contributed by atoms with E-state index in [0.29, 0.717) is 17.6 Å². The maximum absolute atomic E-state index is 13.4. The smallest absolute Gasteiger partial charge is 0.315 e. The van der Waals surface area contributed by atoms with Crippen molar-refractivity contribution in [2.45, 2.75) is 31.5 Å². The van der Waals surface area contributed by atoms with E-state index in [-0.39, 0.29) is 24.4 Å². The Morgan fingerprint density at radius 1 is 1.42 bits per heavy atom. The normalized spacial score (nSPS) is 28.4. The summed E-state index contributed by atoms with van der Waals surface area (Å²) in [5, 5.41) is 5.61. The lowest BCUT2D eigenvalue weighted by atomic mass is 9.76. The third kappa shape index (κ3) is 2.56. The van der Waals surface area contributed by atoms with E-state index in [9.17, 15) is 9.18 Å². The number of urea groups is 1. The van der Waals surface area contributed by atoms with E-state index in [1.54, 1.807) is 18.2 Å². The van der Waals surface area contributed by atoms with Crippen LogP contribution in [-0.2, 0) is 11.3 Å². The molecule has 0 unspecified atom stereocenters. The Bertz CT molecular complexity index is 480. The number of hydrogen-bond donors (Lipinski definition) is 2. The molecule has 1 aliphatic heterocycles. The highest BCUT2D eigenvalue weighted by Gasteiger charge is 2.45. The lowest BCUT2D eigenvalue weighted by Gasteiger charge is -2.39. The standard InChI is InChI=1S/C14H17FN2O2/c15-11-4-2-1-3-9(11)8-16-14(18)17-12-7-13-10(12)5-6-19-13/h1-4,10,12-13H,5-8H2,(H2,16,17,18)/t10-,12-,13+/m1/s1. The molecule has 102 valence electrons. The number of carbonyl (C=O) groups excluding carboxylic acids is 1. The van der Waals surface area contributed by atoms with E-state index < -0.39 is 0 Å². The molecule has 1 saturated heterocycles. The fraction of sp³-hybridized carbons (Fsp3) is 0.500. The molecule has 2 fully saturated rings. The highest BCUT2D eigenvalue weighted by atomic mass is 19.1. The van der Waals surface area contributed by atoms with Gasteiger partial charge in [-0.05, 0) is 18.9 Å². The molecular weight excluding hydrogens is 247 g/mol. The lowest BCUT2D eigenvalue weighted by Crippen LogP contribution is -2.55. The number of rotatable bonds is 3. The molecule has 1 aromatic rings. The molecule has 3 atom stereocenters. The van der Waals surface area contributed by atoms with Crippen molar-refractivity contribution >= 4 is 6.03 Å². The number of benzene rings is 1. The van der Waals surface area contributed by atoms with Gasteiger partial charge in [0.05, 0.1) is 6.10 Å². The summed E-state index contributed by atoms with van der Waals surface area (Å²) in [6, 6.07) is 6.41. The van der Waals surface area contributed by atoms with Crippen molar-refractivity contribution in [1.82, 2.24) is 10.6 Å². The van der Waals surface area contributed by atoms with Crippen LogP contribution in [0.2, 0.25) is 0 Å². The van der Waals surface area contributed by atoms with Gasteiger partial charge in [-0.25, -0.2) is 9.18 Å². The monoisotopic (exact) mass is 264 g/mol. The lowest BCUT2D eigenvalue weighted by molar-refractivity contribution is 0.0109. The van der Waals surface area contributed by atoms with Gasteiger partial charge in [-0.15, -0.1) is 0 Å². The van der Waals surface area contributed by atoms with Gasteiger partial charge in [0.15, 0.2) is 0 Å². The summed E-state index contributed by atoms with van der Waals surface area (Å²) < 4.78 is 18.9. The summed E-state index contributed by atoms with van der Waals surface area (Å²) in [7, 11) is 0. The highest BCUT2D eigenvalue weighted by molar-refractivity contribution is 5.74. The average Bonchev–Trinajstić information content (AvgIpc) is 2.76. The van der Waals surface area contributed by atoms with Gasteiger partial charge in [0.2, 0.25) is 0 Å². The Hall–Kier alpha value is -1.62. The molecule has 0 radical (unpaired) electrons. The molecule has 1 heterocycles. The molecule has 0 spiro atoms. The fourth-order valence-electron chi connectivity index (χ4n) is 2.80. The number of halogens is 1. The Labute approximate surface area is 111 Å². The zero-order valence-electron chi connectivity index (χ0n) is 10.6. The molecule has 3 rings (SSSR count). The molecule has 4 nitrogen and oxygen atoms in total. The van der Waals surface area contributed by atoms with Crippen molar-refractivity contribution in [2.75, 3.05) is 6.61 Å². The first-order valence-corrected chi connectivity index (χ1v) is 6.63. The topological polar surface area (TPSA) is 50.4 Å².